The summed E-state index contributed by atoms with van der Waals surface area (Å²) in [6, 6.07) is 1.83. The first kappa shape index (κ1) is 12.5. The highest BCUT2D eigenvalue weighted by Crippen LogP contribution is 2.39. The van der Waals surface area contributed by atoms with Gasteiger partial charge >= 0.3 is 0 Å². The molecule has 17 heavy (non-hydrogen) atoms. The van der Waals surface area contributed by atoms with Crippen molar-refractivity contribution in [3.63, 3.8) is 0 Å². The maximum absolute atomic E-state index is 10.4. The smallest absolute Gasteiger partial charge is 0.125 e. The van der Waals surface area contributed by atoms with Gasteiger partial charge in [0.2, 0.25) is 0 Å². The van der Waals surface area contributed by atoms with Crippen molar-refractivity contribution in [3.8, 4) is 0 Å². The van der Waals surface area contributed by atoms with Gasteiger partial charge in [-0.1, -0.05) is 13.8 Å². The maximum Gasteiger partial charge on any atom is 0.125 e. The number of aromatic nitrogens is 2. The van der Waals surface area contributed by atoms with Crippen molar-refractivity contribution < 1.29 is 5.11 Å². The molecule has 94 valence electrons. The summed E-state index contributed by atoms with van der Waals surface area (Å²) in [7, 11) is 0. The Kier molecular flexibility index (Phi) is 3.77. The monoisotopic (exact) mass is 234 g/mol. The summed E-state index contributed by atoms with van der Waals surface area (Å²) in [5.74, 6) is 2.50. The summed E-state index contributed by atoms with van der Waals surface area (Å²) < 4.78 is 0. The molecule has 3 atom stereocenters. The van der Waals surface area contributed by atoms with Gasteiger partial charge in [-0.2, -0.15) is 0 Å². The Bertz CT molecular complexity index is 370. The van der Waals surface area contributed by atoms with Crippen molar-refractivity contribution in [2.45, 2.75) is 46.1 Å². The van der Waals surface area contributed by atoms with E-state index in [1.807, 2.05) is 13.0 Å². The molecule has 1 aliphatic rings. The molecule has 3 nitrogen and oxygen atoms in total. The van der Waals surface area contributed by atoms with Crippen molar-refractivity contribution in [2.75, 3.05) is 0 Å². The lowest BCUT2D eigenvalue weighted by atomic mass is 9.74. The minimum atomic E-state index is -0.429. The molecule has 1 aromatic rings. The minimum absolute atomic E-state index is 0.350. The molecule has 1 N–H and O–H groups in total. The molecule has 0 spiro atoms. The van der Waals surface area contributed by atoms with Crippen molar-refractivity contribution in [3.05, 3.63) is 23.8 Å². The Morgan fingerprint density at radius 2 is 1.88 bits per heavy atom. The lowest BCUT2D eigenvalue weighted by molar-refractivity contribution is 0.0520. The summed E-state index contributed by atoms with van der Waals surface area (Å²) in [5, 5.41) is 10.4. The van der Waals surface area contributed by atoms with Crippen molar-refractivity contribution in [1.29, 1.82) is 0 Å². The molecule has 1 aliphatic carbocycles. The van der Waals surface area contributed by atoms with E-state index in [0.29, 0.717) is 17.8 Å². The van der Waals surface area contributed by atoms with Gasteiger partial charge in [0, 0.05) is 6.20 Å². The van der Waals surface area contributed by atoms with Gasteiger partial charge in [-0.25, -0.2) is 9.97 Å². The van der Waals surface area contributed by atoms with Crippen LogP contribution in [-0.2, 0) is 0 Å². The van der Waals surface area contributed by atoms with Crippen LogP contribution in [0.1, 0.15) is 50.7 Å². The van der Waals surface area contributed by atoms with E-state index in [2.05, 4.69) is 23.8 Å². The van der Waals surface area contributed by atoms with E-state index in [-0.39, 0.29) is 0 Å². The third-order valence-electron chi connectivity index (χ3n) is 3.76. The normalized spacial score (nSPS) is 31.2. The van der Waals surface area contributed by atoms with E-state index in [1.165, 1.54) is 6.42 Å². The van der Waals surface area contributed by atoms with Crippen LogP contribution in [0.5, 0.6) is 0 Å². The average molecular weight is 234 g/mol. The molecule has 0 aliphatic heterocycles. The number of aliphatic hydroxyl groups excluding tert-OH is 1. The van der Waals surface area contributed by atoms with E-state index >= 15 is 0 Å². The largest absolute Gasteiger partial charge is 0.387 e. The summed E-state index contributed by atoms with van der Waals surface area (Å²) in [4.78, 5) is 8.41. The van der Waals surface area contributed by atoms with Gasteiger partial charge in [0.05, 0.1) is 11.8 Å². The predicted molar refractivity (Wildman–Crippen MR) is 67.4 cm³/mol. The molecule has 1 aromatic heterocycles. The molecule has 0 bridgehead atoms. The van der Waals surface area contributed by atoms with Gasteiger partial charge in [0.1, 0.15) is 5.82 Å². The zero-order valence-corrected chi connectivity index (χ0v) is 10.9. The molecule has 0 saturated heterocycles. The Labute approximate surface area is 103 Å². The molecule has 0 radical (unpaired) electrons. The fraction of sp³-hybridized carbons (Fsp3) is 0.714. The second-order valence-corrected chi connectivity index (χ2v) is 5.65. The van der Waals surface area contributed by atoms with Gasteiger partial charge in [-0.3, -0.25) is 0 Å². The van der Waals surface area contributed by atoms with E-state index in [9.17, 15) is 5.11 Å². The Morgan fingerprint density at radius 3 is 2.47 bits per heavy atom. The molecule has 0 aromatic carbocycles. The molecule has 1 fully saturated rings. The summed E-state index contributed by atoms with van der Waals surface area (Å²) in [6.07, 6.45) is 4.80. The highest BCUT2D eigenvalue weighted by molar-refractivity contribution is 5.07. The first-order valence-corrected chi connectivity index (χ1v) is 6.54. The van der Waals surface area contributed by atoms with Crippen LogP contribution in [0.25, 0.3) is 0 Å². The summed E-state index contributed by atoms with van der Waals surface area (Å²) in [6.45, 7) is 6.42. The van der Waals surface area contributed by atoms with Gasteiger partial charge in [-0.15, -0.1) is 0 Å². The lowest BCUT2D eigenvalue weighted by Crippen LogP contribution is -2.25. The van der Waals surface area contributed by atoms with Gasteiger partial charge < -0.3 is 5.11 Å². The zero-order valence-electron chi connectivity index (χ0n) is 10.9. The predicted octanol–water partition coefficient (Wildman–Crippen LogP) is 2.89. The van der Waals surface area contributed by atoms with Crippen LogP contribution < -0.4 is 0 Å². The molecule has 1 heterocycles. The molecule has 3 unspecified atom stereocenters. The SMILES string of the molecule is Cc1nccc(C(O)C2CC(C)CC(C)C2)n1. The fourth-order valence-corrected chi connectivity index (χ4v) is 3.15. The topological polar surface area (TPSA) is 46.0 Å². The zero-order chi connectivity index (χ0) is 12.4. The van der Waals surface area contributed by atoms with Crippen molar-refractivity contribution in [2.24, 2.45) is 17.8 Å². The Morgan fingerprint density at radius 1 is 1.24 bits per heavy atom. The van der Waals surface area contributed by atoms with Crippen LogP contribution in [0, 0.1) is 24.7 Å². The van der Waals surface area contributed by atoms with Crippen LogP contribution in [-0.4, -0.2) is 15.1 Å². The van der Waals surface area contributed by atoms with Crippen LogP contribution >= 0.6 is 0 Å². The molecule has 3 heteroatoms. The molecule has 0 amide bonds. The summed E-state index contributed by atoms with van der Waals surface area (Å²) >= 11 is 0. The minimum Gasteiger partial charge on any atom is -0.387 e. The van der Waals surface area contributed by atoms with Crippen LogP contribution in [0.3, 0.4) is 0 Å². The third-order valence-corrected chi connectivity index (χ3v) is 3.76. The Hall–Kier alpha value is -0.960. The quantitative estimate of drug-likeness (QED) is 0.855. The average Bonchev–Trinajstić information content (AvgIpc) is 2.26. The fourth-order valence-electron chi connectivity index (χ4n) is 3.15. The van der Waals surface area contributed by atoms with E-state index in [4.69, 9.17) is 0 Å². The standard InChI is InChI=1S/C14H22N2O/c1-9-6-10(2)8-12(7-9)14(17)13-4-5-15-11(3)16-13/h4-5,9-10,12,14,17H,6-8H2,1-3H3. The van der Waals surface area contributed by atoms with E-state index in [0.717, 1.165) is 24.4 Å². The summed E-state index contributed by atoms with van der Waals surface area (Å²) in [5.41, 5.74) is 0.781. The van der Waals surface area contributed by atoms with Gasteiger partial charge in [0.25, 0.3) is 0 Å². The number of nitrogens with zero attached hydrogens (tertiary/aromatic N) is 2. The number of aryl methyl sites for hydroxylation is 1. The second kappa shape index (κ2) is 5.13. The first-order valence-electron chi connectivity index (χ1n) is 6.54. The molecule has 1 saturated carbocycles. The van der Waals surface area contributed by atoms with E-state index < -0.39 is 6.10 Å². The van der Waals surface area contributed by atoms with Gasteiger partial charge in [-0.05, 0) is 50.0 Å². The molecular weight excluding hydrogens is 212 g/mol. The highest BCUT2D eigenvalue weighted by atomic mass is 16.3. The first-order chi connectivity index (χ1) is 8.06. The lowest BCUT2D eigenvalue weighted by Gasteiger charge is -2.34. The maximum atomic E-state index is 10.4. The number of aliphatic hydroxyl groups is 1. The van der Waals surface area contributed by atoms with Gasteiger partial charge in [0.15, 0.2) is 0 Å². The number of rotatable bonds is 2. The third kappa shape index (κ3) is 3.03. The van der Waals surface area contributed by atoms with Crippen molar-refractivity contribution in [1.82, 2.24) is 9.97 Å². The molecule has 2 rings (SSSR count). The van der Waals surface area contributed by atoms with Crippen LogP contribution in [0.15, 0.2) is 12.3 Å². The van der Waals surface area contributed by atoms with Crippen LogP contribution in [0.2, 0.25) is 0 Å². The number of hydrogen-bond donors (Lipinski definition) is 1. The Balaban J connectivity index is 2.11. The van der Waals surface area contributed by atoms with E-state index in [1.54, 1.807) is 6.20 Å². The molecular formula is C14H22N2O. The second-order valence-electron chi connectivity index (χ2n) is 5.65. The van der Waals surface area contributed by atoms with Crippen molar-refractivity contribution >= 4 is 0 Å². The van der Waals surface area contributed by atoms with Crippen LogP contribution in [0.4, 0.5) is 0 Å². The number of hydrogen-bond acceptors (Lipinski definition) is 3. The highest BCUT2D eigenvalue weighted by Gasteiger charge is 2.30.